The van der Waals surface area contributed by atoms with Crippen molar-refractivity contribution in [2.24, 2.45) is 0 Å². The molecule has 3 nitrogen and oxygen atoms in total. The lowest BCUT2D eigenvalue weighted by atomic mass is 10.1. The lowest BCUT2D eigenvalue weighted by Gasteiger charge is -2.13. The summed E-state index contributed by atoms with van der Waals surface area (Å²) in [6.07, 6.45) is 4.97. The van der Waals surface area contributed by atoms with Crippen molar-refractivity contribution < 1.29 is 4.39 Å². The second-order valence-corrected chi connectivity index (χ2v) is 4.14. The Labute approximate surface area is 100 Å². The molecule has 0 amide bonds. The molecule has 1 aromatic carbocycles. The zero-order valence-corrected chi connectivity index (χ0v) is 9.78. The molecule has 2 aromatic rings. The highest BCUT2D eigenvalue weighted by Crippen LogP contribution is 2.12. The summed E-state index contributed by atoms with van der Waals surface area (Å²) in [5, 5.41) is 3.27. The monoisotopic (exact) mass is 233 g/mol. The van der Waals surface area contributed by atoms with Crippen molar-refractivity contribution in [3.63, 3.8) is 0 Å². The lowest BCUT2D eigenvalue weighted by molar-refractivity contribution is 0.596. The van der Waals surface area contributed by atoms with Gasteiger partial charge in [-0.3, -0.25) is 0 Å². The Hall–Kier alpha value is -1.84. The molecular weight excluding hydrogens is 217 g/mol. The van der Waals surface area contributed by atoms with E-state index in [0.29, 0.717) is 0 Å². The molecule has 4 heteroatoms. The predicted octanol–water partition coefficient (Wildman–Crippen LogP) is 2.98. The third-order valence-corrected chi connectivity index (χ3v) is 2.70. The summed E-state index contributed by atoms with van der Waals surface area (Å²) in [5.41, 5.74) is 0.769. The molecule has 0 bridgehead atoms. The van der Waals surface area contributed by atoms with Crippen LogP contribution in [0.15, 0.2) is 36.8 Å². The Morgan fingerprint density at radius 2 is 2.24 bits per heavy atom. The zero-order chi connectivity index (χ0) is 12.1. The Bertz CT molecular complexity index is 453. The number of aryl methyl sites for hydroxylation is 1. The number of halogens is 1. The quantitative estimate of drug-likeness (QED) is 0.833. The molecule has 1 aromatic heterocycles. The SMILES string of the molecule is C[C@@H](CCc1ccccc1F)Nc1cnc[nH]1. The first-order valence-corrected chi connectivity index (χ1v) is 5.74. The van der Waals surface area contributed by atoms with Gasteiger partial charge in [-0.15, -0.1) is 0 Å². The smallest absolute Gasteiger partial charge is 0.126 e. The van der Waals surface area contributed by atoms with E-state index in [1.807, 2.05) is 12.1 Å². The van der Waals surface area contributed by atoms with Gasteiger partial charge in [0.05, 0.1) is 12.5 Å². The molecule has 0 aliphatic heterocycles. The molecule has 1 atom stereocenters. The van der Waals surface area contributed by atoms with Crippen molar-refractivity contribution in [1.29, 1.82) is 0 Å². The van der Waals surface area contributed by atoms with E-state index in [2.05, 4.69) is 22.2 Å². The van der Waals surface area contributed by atoms with Crippen LogP contribution < -0.4 is 5.32 Å². The maximum Gasteiger partial charge on any atom is 0.126 e. The van der Waals surface area contributed by atoms with Gasteiger partial charge in [0, 0.05) is 6.04 Å². The highest BCUT2D eigenvalue weighted by atomic mass is 19.1. The predicted molar refractivity (Wildman–Crippen MR) is 66.4 cm³/mol. The van der Waals surface area contributed by atoms with E-state index < -0.39 is 0 Å². The van der Waals surface area contributed by atoms with Gasteiger partial charge in [0.2, 0.25) is 0 Å². The fourth-order valence-electron chi connectivity index (χ4n) is 1.75. The number of hydrogen-bond donors (Lipinski definition) is 2. The summed E-state index contributed by atoms with van der Waals surface area (Å²) in [7, 11) is 0. The van der Waals surface area contributed by atoms with E-state index in [1.165, 1.54) is 6.07 Å². The molecular formula is C13H16FN3. The van der Waals surface area contributed by atoms with Crippen LogP contribution >= 0.6 is 0 Å². The standard InChI is InChI=1S/C13H16FN3/c1-10(17-13-8-15-9-16-13)6-7-11-4-2-3-5-12(11)14/h2-5,8-10,17H,6-7H2,1H3,(H,15,16)/t10-/m0/s1. The number of aromatic nitrogens is 2. The van der Waals surface area contributed by atoms with Crippen LogP contribution in [0.1, 0.15) is 18.9 Å². The minimum absolute atomic E-state index is 0.124. The summed E-state index contributed by atoms with van der Waals surface area (Å²) >= 11 is 0. The second-order valence-electron chi connectivity index (χ2n) is 4.14. The highest BCUT2D eigenvalue weighted by Gasteiger charge is 2.05. The molecule has 0 aliphatic carbocycles. The maximum absolute atomic E-state index is 13.4. The van der Waals surface area contributed by atoms with Crippen LogP contribution in [0, 0.1) is 5.82 Å². The molecule has 0 radical (unpaired) electrons. The van der Waals surface area contributed by atoms with Gasteiger partial charge in [0.25, 0.3) is 0 Å². The van der Waals surface area contributed by atoms with Crippen LogP contribution in [0.3, 0.4) is 0 Å². The number of aromatic amines is 1. The number of hydrogen-bond acceptors (Lipinski definition) is 2. The van der Waals surface area contributed by atoms with E-state index in [9.17, 15) is 4.39 Å². The fraction of sp³-hybridized carbons (Fsp3) is 0.308. The van der Waals surface area contributed by atoms with Crippen molar-refractivity contribution in [3.8, 4) is 0 Å². The van der Waals surface area contributed by atoms with Crippen LogP contribution in [-0.2, 0) is 6.42 Å². The normalized spacial score (nSPS) is 12.4. The summed E-state index contributed by atoms with van der Waals surface area (Å²) in [4.78, 5) is 6.91. The number of imidazole rings is 1. The Kier molecular flexibility index (Phi) is 3.75. The van der Waals surface area contributed by atoms with E-state index in [0.717, 1.165) is 24.2 Å². The van der Waals surface area contributed by atoms with Crippen molar-refractivity contribution in [3.05, 3.63) is 48.2 Å². The van der Waals surface area contributed by atoms with Crippen molar-refractivity contribution in [2.75, 3.05) is 5.32 Å². The number of nitrogens with one attached hydrogen (secondary N) is 2. The van der Waals surface area contributed by atoms with Gasteiger partial charge in [-0.1, -0.05) is 18.2 Å². The minimum Gasteiger partial charge on any atom is -0.368 e. The summed E-state index contributed by atoms with van der Waals surface area (Å²) in [6, 6.07) is 7.19. The van der Waals surface area contributed by atoms with E-state index in [4.69, 9.17) is 0 Å². The van der Waals surface area contributed by atoms with Crippen molar-refractivity contribution in [2.45, 2.75) is 25.8 Å². The average molecular weight is 233 g/mol. The zero-order valence-electron chi connectivity index (χ0n) is 9.78. The summed E-state index contributed by atoms with van der Waals surface area (Å²) in [6.45, 7) is 2.07. The molecule has 0 fully saturated rings. The van der Waals surface area contributed by atoms with Gasteiger partial charge in [-0.25, -0.2) is 9.37 Å². The van der Waals surface area contributed by atoms with Crippen molar-refractivity contribution >= 4 is 5.82 Å². The van der Waals surface area contributed by atoms with Gasteiger partial charge >= 0.3 is 0 Å². The molecule has 1 heterocycles. The lowest BCUT2D eigenvalue weighted by Crippen LogP contribution is -2.16. The molecule has 17 heavy (non-hydrogen) atoms. The maximum atomic E-state index is 13.4. The number of nitrogens with zero attached hydrogens (tertiary/aromatic N) is 1. The molecule has 0 spiro atoms. The largest absolute Gasteiger partial charge is 0.368 e. The van der Waals surface area contributed by atoms with Crippen LogP contribution in [0.25, 0.3) is 0 Å². The fourth-order valence-corrected chi connectivity index (χ4v) is 1.75. The highest BCUT2D eigenvalue weighted by molar-refractivity contribution is 5.31. The van der Waals surface area contributed by atoms with Gasteiger partial charge < -0.3 is 10.3 Å². The van der Waals surface area contributed by atoms with Crippen LogP contribution in [0.4, 0.5) is 10.2 Å². The third kappa shape index (κ3) is 3.31. The molecule has 2 N–H and O–H groups in total. The number of benzene rings is 1. The molecule has 0 saturated heterocycles. The number of anilines is 1. The van der Waals surface area contributed by atoms with Gasteiger partial charge in [0.15, 0.2) is 0 Å². The third-order valence-electron chi connectivity index (χ3n) is 2.70. The van der Waals surface area contributed by atoms with Crippen LogP contribution in [0.2, 0.25) is 0 Å². The van der Waals surface area contributed by atoms with E-state index >= 15 is 0 Å². The molecule has 90 valence electrons. The molecule has 0 aliphatic rings. The minimum atomic E-state index is -0.124. The topological polar surface area (TPSA) is 40.7 Å². The second kappa shape index (κ2) is 5.48. The Morgan fingerprint density at radius 1 is 1.41 bits per heavy atom. The van der Waals surface area contributed by atoms with Crippen LogP contribution in [0.5, 0.6) is 0 Å². The van der Waals surface area contributed by atoms with E-state index in [1.54, 1.807) is 18.6 Å². The molecule has 2 rings (SSSR count). The molecule has 0 unspecified atom stereocenters. The van der Waals surface area contributed by atoms with Gasteiger partial charge in [-0.05, 0) is 31.4 Å². The number of rotatable bonds is 5. The number of H-pyrrole nitrogens is 1. The van der Waals surface area contributed by atoms with Crippen molar-refractivity contribution in [1.82, 2.24) is 9.97 Å². The Balaban J connectivity index is 1.84. The van der Waals surface area contributed by atoms with E-state index in [-0.39, 0.29) is 11.9 Å². The first-order chi connectivity index (χ1) is 8.25. The molecule has 0 saturated carbocycles. The summed E-state index contributed by atoms with van der Waals surface area (Å²) < 4.78 is 13.4. The van der Waals surface area contributed by atoms with Crippen LogP contribution in [-0.4, -0.2) is 16.0 Å². The summed E-state index contributed by atoms with van der Waals surface area (Å²) in [5.74, 6) is 0.771. The first-order valence-electron chi connectivity index (χ1n) is 5.74. The Morgan fingerprint density at radius 3 is 2.94 bits per heavy atom. The van der Waals surface area contributed by atoms with Gasteiger partial charge in [0.1, 0.15) is 11.6 Å². The average Bonchev–Trinajstić information content (AvgIpc) is 2.81. The van der Waals surface area contributed by atoms with Gasteiger partial charge in [-0.2, -0.15) is 0 Å². The first kappa shape index (κ1) is 11.6.